The predicted octanol–water partition coefficient (Wildman–Crippen LogP) is 4.70. The number of amides is 1. The summed E-state index contributed by atoms with van der Waals surface area (Å²) in [6.07, 6.45) is 7.89. The third-order valence-electron chi connectivity index (χ3n) is 5.98. The lowest BCUT2D eigenvalue weighted by Crippen LogP contribution is -2.49. The second-order valence-corrected chi connectivity index (χ2v) is 11.2. The average molecular weight is 427 g/mol. The van der Waals surface area contributed by atoms with E-state index in [4.69, 9.17) is 14.0 Å². The minimum atomic E-state index is -0.561. The first-order chi connectivity index (χ1) is 13.9. The maximum Gasteiger partial charge on any atom is 0.494 e. The molecule has 0 aromatic heterocycles. The molecule has 0 spiro atoms. The van der Waals surface area contributed by atoms with Crippen LogP contribution in [-0.4, -0.2) is 41.3 Å². The van der Waals surface area contributed by atoms with Gasteiger partial charge in [-0.3, -0.25) is 4.90 Å². The fraction of sp³-hybridized carbons (Fsp3) is 0.522. The average Bonchev–Trinajstić information content (AvgIpc) is 2.85. The number of allylic oxidation sites excluding steroid dienone is 2. The van der Waals surface area contributed by atoms with Crippen LogP contribution in [0.15, 0.2) is 47.4 Å². The number of hydrogen-bond donors (Lipinski definition) is 0. The summed E-state index contributed by atoms with van der Waals surface area (Å²) in [5.74, 6) is 0. The zero-order valence-electron chi connectivity index (χ0n) is 18.8. The van der Waals surface area contributed by atoms with E-state index in [9.17, 15) is 4.79 Å². The van der Waals surface area contributed by atoms with Crippen LogP contribution >= 0.6 is 11.8 Å². The van der Waals surface area contributed by atoms with Gasteiger partial charge in [-0.1, -0.05) is 30.4 Å². The lowest BCUT2D eigenvalue weighted by atomic mass is 9.79. The monoisotopic (exact) mass is 427 g/mol. The van der Waals surface area contributed by atoms with E-state index in [1.165, 1.54) is 0 Å². The van der Waals surface area contributed by atoms with E-state index in [0.29, 0.717) is 0 Å². The van der Waals surface area contributed by atoms with Gasteiger partial charge in [0.05, 0.1) is 28.2 Å². The number of anilines is 1. The van der Waals surface area contributed by atoms with Crippen molar-refractivity contribution in [2.75, 3.05) is 4.90 Å². The van der Waals surface area contributed by atoms with E-state index in [2.05, 4.69) is 18.2 Å². The van der Waals surface area contributed by atoms with Gasteiger partial charge in [0.25, 0.3) is 0 Å². The molecule has 0 bridgehead atoms. The summed E-state index contributed by atoms with van der Waals surface area (Å²) in [4.78, 5) is 15.9. The molecule has 160 valence electrons. The summed E-state index contributed by atoms with van der Waals surface area (Å²) in [6.45, 7) is 13.9. The van der Waals surface area contributed by atoms with Crippen molar-refractivity contribution in [1.82, 2.24) is 0 Å². The molecular weight excluding hydrogens is 397 g/mol. The molecule has 4 rings (SSSR count). The maximum atomic E-state index is 13.1. The normalized spacial score (nSPS) is 26.4. The molecule has 2 atom stereocenters. The highest BCUT2D eigenvalue weighted by atomic mass is 32.2. The van der Waals surface area contributed by atoms with Gasteiger partial charge in [-0.2, -0.15) is 0 Å². The second kappa shape index (κ2) is 7.18. The van der Waals surface area contributed by atoms with Crippen molar-refractivity contribution in [3.05, 3.63) is 42.5 Å². The van der Waals surface area contributed by atoms with Gasteiger partial charge in [0.15, 0.2) is 0 Å². The molecule has 2 heterocycles. The zero-order valence-corrected chi connectivity index (χ0v) is 19.6. The van der Waals surface area contributed by atoms with Gasteiger partial charge < -0.3 is 14.0 Å². The standard InChI is InChI=1S/C23H30BNO4S/c1-21(2,3)27-20(26)25-16-10-8-9-11-18(16)30-19-14-15(12-13-17(19)25)24-28-22(4,5)23(6,7)29-24/h8-14,16,18H,1-7H3. The summed E-state index contributed by atoms with van der Waals surface area (Å²) in [5, 5.41) is 0.128. The molecule has 1 aromatic carbocycles. The summed E-state index contributed by atoms with van der Waals surface area (Å²) in [5.41, 5.74) is 0.457. The summed E-state index contributed by atoms with van der Waals surface area (Å²) < 4.78 is 18.2. The van der Waals surface area contributed by atoms with Crippen LogP contribution in [0.2, 0.25) is 0 Å². The van der Waals surface area contributed by atoms with Crippen LogP contribution in [0.1, 0.15) is 48.5 Å². The van der Waals surface area contributed by atoms with Crippen LogP contribution in [0.5, 0.6) is 0 Å². The third kappa shape index (κ3) is 3.83. The number of benzene rings is 1. The van der Waals surface area contributed by atoms with E-state index in [1.54, 1.807) is 16.7 Å². The molecule has 2 aliphatic heterocycles. The Morgan fingerprint density at radius 3 is 2.37 bits per heavy atom. The van der Waals surface area contributed by atoms with Crippen molar-refractivity contribution in [2.24, 2.45) is 0 Å². The molecule has 30 heavy (non-hydrogen) atoms. The summed E-state index contributed by atoms with van der Waals surface area (Å²) in [7, 11) is -0.435. The smallest absolute Gasteiger partial charge is 0.443 e. The Hall–Kier alpha value is -1.70. The van der Waals surface area contributed by atoms with Crippen LogP contribution in [0, 0.1) is 0 Å². The van der Waals surface area contributed by atoms with Crippen LogP contribution < -0.4 is 10.4 Å². The molecule has 1 aromatic rings. The van der Waals surface area contributed by atoms with E-state index in [-0.39, 0.29) is 17.4 Å². The van der Waals surface area contributed by atoms with Gasteiger partial charge >= 0.3 is 13.2 Å². The fourth-order valence-corrected chi connectivity index (χ4v) is 5.01. The number of carbonyl (C=O) groups is 1. The largest absolute Gasteiger partial charge is 0.494 e. The van der Waals surface area contributed by atoms with Crippen LogP contribution in [-0.2, 0) is 14.0 Å². The molecule has 0 radical (unpaired) electrons. The fourth-order valence-electron chi connectivity index (χ4n) is 3.71. The highest BCUT2D eigenvalue weighted by Gasteiger charge is 2.52. The number of hydrogen-bond acceptors (Lipinski definition) is 5. The Morgan fingerprint density at radius 2 is 1.73 bits per heavy atom. The van der Waals surface area contributed by atoms with Gasteiger partial charge in [0.2, 0.25) is 0 Å². The molecule has 1 saturated heterocycles. The van der Waals surface area contributed by atoms with Crippen molar-refractivity contribution >= 4 is 36.1 Å². The van der Waals surface area contributed by atoms with E-state index < -0.39 is 23.9 Å². The molecule has 1 amide bonds. The minimum Gasteiger partial charge on any atom is -0.443 e. The number of rotatable bonds is 1. The van der Waals surface area contributed by atoms with Crippen molar-refractivity contribution < 1.29 is 18.8 Å². The molecular formula is C23H30BNO4S. The molecule has 1 fully saturated rings. The Kier molecular flexibility index (Phi) is 5.15. The van der Waals surface area contributed by atoms with Crippen LogP contribution in [0.4, 0.5) is 10.5 Å². The molecule has 3 aliphatic rings. The lowest BCUT2D eigenvalue weighted by Gasteiger charge is -2.41. The Balaban J connectivity index is 1.70. The number of thioether (sulfide) groups is 1. The van der Waals surface area contributed by atoms with Crippen LogP contribution in [0.25, 0.3) is 0 Å². The lowest BCUT2D eigenvalue weighted by molar-refractivity contribution is 0.00578. The highest BCUT2D eigenvalue weighted by Crippen LogP contribution is 2.44. The first kappa shape index (κ1) is 21.5. The second-order valence-electron chi connectivity index (χ2n) is 10.0. The van der Waals surface area contributed by atoms with Gasteiger partial charge in [0, 0.05) is 4.90 Å². The first-order valence-corrected chi connectivity index (χ1v) is 11.3. The van der Waals surface area contributed by atoms with E-state index in [1.807, 2.05) is 72.8 Å². The molecule has 5 nitrogen and oxygen atoms in total. The quantitative estimate of drug-likeness (QED) is 0.609. The number of ether oxygens (including phenoxy) is 1. The third-order valence-corrected chi connectivity index (χ3v) is 7.27. The van der Waals surface area contributed by atoms with Crippen molar-refractivity contribution in [1.29, 1.82) is 0 Å². The minimum absolute atomic E-state index is 0.0787. The Bertz CT molecular complexity index is 902. The molecule has 0 saturated carbocycles. The molecule has 7 heteroatoms. The number of carbonyl (C=O) groups excluding carboxylic acids is 1. The zero-order chi connectivity index (χ0) is 21.9. The SMILES string of the molecule is CC(C)(C)OC(=O)N1c2ccc(B3OC(C)(C)C(C)(C)O3)cc2SC2C=CC=CC21. The molecule has 0 N–H and O–H groups in total. The Morgan fingerprint density at radius 1 is 1.10 bits per heavy atom. The van der Waals surface area contributed by atoms with Crippen LogP contribution in [0.3, 0.4) is 0 Å². The number of nitrogens with zero attached hydrogens (tertiary/aromatic N) is 1. The Labute approximate surface area is 184 Å². The molecule has 1 aliphatic carbocycles. The first-order valence-electron chi connectivity index (χ1n) is 10.4. The van der Waals surface area contributed by atoms with Gasteiger partial charge in [0.1, 0.15) is 5.60 Å². The van der Waals surface area contributed by atoms with E-state index in [0.717, 1.165) is 16.0 Å². The van der Waals surface area contributed by atoms with Gasteiger partial charge in [-0.25, -0.2) is 4.79 Å². The van der Waals surface area contributed by atoms with Crippen molar-refractivity contribution in [2.45, 2.75) is 81.5 Å². The van der Waals surface area contributed by atoms with Gasteiger partial charge in [-0.05, 0) is 66.1 Å². The number of fused-ring (bicyclic) bond motifs is 2. The highest BCUT2D eigenvalue weighted by molar-refractivity contribution is 8.00. The van der Waals surface area contributed by atoms with E-state index >= 15 is 0 Å². The summed E-state index contributed by atoms with van der Waals surface area (Å²) >= 11 is 1.75. The maximum absolute atomic E-state index is 13.1. The van der Waals surface area contributed by atoms with Gasteiger partial charge in [-0.15, -0.1) is 11.8 Å². The van der Waals surface area contributed by atoms with Crippen molar-refractivity contribution in [3.8, 4) is 0 Å². The van der Waals surface area contributed by atoms with Crippen molar-refractivity contribution in [3.63, 3.8) is 0 Å². The molecule has 2 unspecified atom stereocenters. The topological polar surface area (TPSA) is 48.0 Å². The predicted molar refractivity (Wildman–Crippen MR) is 123 cm³/mol. The summed E-state index contributed by atoms with van der Waals surface area (Å²) in [6, 6.07) is 5.98.